The van der Waals surface area contributed by atoms with Crippen molar-refractivity contribution in [1.82, 2.24) is 14.5 Å². The van der Waals surface area contributed by atoms with Gasteiger partial charge in [-0.1, -0.05) is 33.8 Å². The Balaban J connectivity index is 0.00000136. The highest BCUT2D eigenvalue weighted by molar-refractivity contribution is 5.79. The van der Waals surface area contributed by atoms with Crippen molar-refractivity contribution in [2.24, 2.45) is 7.05 Å². The van der Waals surface area contributed by atoms with Crippen molar-refractivity contribution in [2.75, 3.05) is 5.32 Å². The van der Waals surface area contributed by atoms with E-state index in [9.17, 15) is 13.2 Å². The lowest BCUT2D eigenvalue weighted by Crippen LogP contribution is -2.06. The summed E-state index contributed by atoms with van der Waals surface area (Å²) in [6, 6.07) is 8.27. The zero-order chi connectivity index (χ0) is 20.9. The molecule has 0 saturated carbocycles. The summed E-state index contributed by atoms with van der Waals surface area (Å²) in [6.45, 7) is 8.20. The van der Waals surface area contributed by atoms with Crippen LogP contribution in [0.4, 0.5) is 24.7 Å². The summed E-state index contributed by atoms with van der Waals surface area (Å²) in [7, 11) is 1.88. The Labute approximate surface area is 163 Å². The standard InChI is InChI=1S/C19H19F3N4.C2H6/c1-12(2)13-4-6-16(15(8-13)17-10-26(3)11-24-17)25-18-7-5-14(9-23-18)19(20,21)22;1-2/h4-12H,1-3H3,(H,23,25);1-2H3. The van der Waals surface area contributed by atoms with Crippen molar-refractivity contribution in [2.45, 2.75) is 39.8 Å². The molecule has 3 rings (SSSR count). The predicted molar refractivity (Wildman–Crippen MR) is 107 cm³/mol. The number of hydrogen-bond donors (Lipinski definition) is 1. The molecule has 3 aromatic rings. The zero-order valence-electron chi connectivity index (χ0n) is 16.7. The van der Waals surface area contributed by atoms with E-state index in [1.807, 2.05) is 49.9 Å². The van der Waals surface area contributed by atoms with Crippen LogP contribution in [0.2, 0.25) is 0 Å². The fraction of sp³-hybridized carbons (Fsp3) is 0.333. The minimum absolute atomic E-state index is 0.340. The number of imidazole rings is 1. The number of nitrogens with one attached hydrogen (secondary N) is 1. The van der Waals surface area contributed by atoms with Crippen molar-refractivity contribution in [3.05, 3.63) is 60.2 Å². The number of halogens is 3. The van der Waals surface area contributed by atoms with Crippen molar-refractivity contribution >= 4 is 11.5 Å². The second-order valence-corrected chi connectivity index (χ2v) is 6.44. The molecule has 0 atom stereocenters. The summed E-state index contributed by atoms with van der Waals surface area (Å²) in [5.41, 5.74) is 2.77. The molecule has 0 aliphatic heterocycles. The molecule has 1 aromatic carbocycles. The predicted octanol–water partition coefficient (Wildman–Crippen LogP) is 6.39. The molecular formula is C21H25F3N4. The van der Waals surface area contributed by atoms with E-state index < -0.39 is 11.7 Å². The number of rotatable bonds is 4. The fourth-order valence-corrected chi connectivity index (χ4v) is 2.57. The van der Waals surface area contributed by atoms with Crippen molar-refractivity contribution < 1.29 is 13.2 Å². The van der Waals surface area contributed by atoms with Crippen molar-refractivity contribution in [1.29, 1.82) is 0 Å². The van der Waals surface area contributed by atoms with Gasteiger partial charge >= 0.3 is 6.18 Å². The Morgan fingerprint density at radius 3 is 2.25 bits per heavy atom. The van der Waals surface area contributed by atoms with Crippen LogP contribution >= 0.6 is 0 Å². The summed E-state index contributed by atoms with van der Waals surface area (Å²) in [5, 5.41) is 3.10. The maximum atomic E-state index is 12.7. The molecule has 4 nitrogen and oxygen atoms in total. The highest BCUT2D eigenvalue weighted by atomic mass is 19.4. The maximum Gasteiger partial charge on any atom is 0.417 e. The molecule has 0 saturated heterocycles. The van der Waals surface area contributed by atoms with Crippen molar-refractivity contribution in [3.8, 4) is 11.3 Å². The topological polar surface area (TPSA) is 42.7 Å². The van der Waals surface area contributed by atoms with Crippen LogP contribution in [0, 0.1) is 0 Å². The van der Waals surface area contributed by atoms with Crippen LogP contribution in [0.15, 0.2) is 49.1 Å². The summed E-state index contributed by atoms with van der Waals surface area (Å²) in [6.07, 6.45) is 0.0250. The summed E-state index contributed by atoms with van der Waals surface area (Å²) in [5.74, 6) is 0.684. The highest BCUT2D eigenvalue weighted by Crippen LogP contribution is 2.33. The van der Waals surface area contributed by atoms with Crippen LogP contribution in [-0.4, -0.2) is 14.5 Å². The summed E-state index contributed by atoms with van der Waals surface area (Å²) < 4.78 is 39.9. The van der Waals surface area contributed by atoms with E-state index in [1.165, 1.54) is 6.07 Å². The molecule has 0 radical (unpaired) electrons. The fourth-order valence-electron chi connectivity index (χ4n) is 2.57. The monoisotopic (exact) mass is 390 g/mol. The third-order valence-electron chi connectivity index (χ3n) is 4.04. The molecule has 7 heteroatoms. The Kier molecular flexibility index (Phi) is 6.83. The smallest absolute Gasteiger partial charge is 0.340 e. The van der Waals surface area contributed by atoms with Gasteiger partial charge in [0.15, 0.2) is 0 Å². The quantitative estimate of drug-likeness (QED) is 0.561. The molecule has 0 spiro atoms. The third kappa shape index (κ3) is 5.12. The van der Waals surface area contributed by atoms with E-state index in [-0.39, 0.29) is 0 Å². The molecule has 0 unspecified atom stereocenters. The number of aryl methyl sites for hydroxylation is 1. The van der Waals surface area contributed by atoms with Crippen molar-refractivity contribution in [3.63, 3.8) is 0 Å². The Hall–Kier alpha value is -2.83. The molecule has 0 amide bonds. The maximum absolute atomic E-state index is 12.7. The number of alkyl halides is 3. The highest BCUT2D eigenvalue weighted by Gasteiger charge is 2.30. The van der Waals surface area contributed by atoms with Gasteiger partial charge in [0, 0.05) is 30.7 Å². The zero-order valence-corrected chi connectivity index (χ0v) is 16.7. The Morgan fingerprint density at radius 1 is 1.04 bits per heavy atom. The summed E-state index contributed by atoms with van der Waals surface area (Å²) >= 11 is 0. The minimum atomic E-state index is -4.40. The average Bonchev–Trinajstić information content (AvgIpc) is 3.09. The third-order valence-corrected chi connectivity index (χ3v) is 4.04. The molecule has 1 N–H and O–H groups in total. The van der Waals surface area contributed by atoms with Gasteiger partial charge in [-0.3, -0.25) is 0 Å². The molecule has 0 aliphatic carbocycles. The molecule has 0 bridgehead atoms. The lowest BCUT2D eigenvalue weighted by Gasteiger charge is -2.14. The van der Waals surface area contributed by atoms with Crippen LogP contribution in [0.5, 0.6) is 0 Å². The van der Waals surface area contributed by atoms with Crippen LogP contribution < -0.4 is 5.32 Å². The first-order valence-electron chi connectivity index (χ1n) is 9.16. The van der Waals surface area contributed by atoms with Crippen LogP contribution in [-0.2, 0) is 13.2 Å². The van der Waals surface area contributed by atoms with E-state index in [0.717, 1.165) is 34.8 Å². The number of nitrogens with zero attached hydrogens (tertiary/aromatic N) is 3. The van der Waals surface area contributed by atoms with Gasteiger partial charge in [0.2, 0.25) is 0 Å². The molecule has 28 heavy (non-hydrogen) atoms. The molecule has 2 heterocycles. The molecule has 0 aliphatic rings. The van der Waals surface area contributed by atoms with Gasteiger partial charge < -0.3 is 9.88 Å². The van der Waals surface area contributed by atoms with Gasteiger partial charge in [0.1, 0.15) is 5.82 Å². The van der Waals surface area contributed by atoms with Gasteiger partial charge in [-0.25, -0.2) is 9.97 Å². The number of anilines is 2. The minimum Gasteiger partial charge on any atom is -0.340 e. The van der Waals surface area contributed by atoms with E-state index in [4.69, 9.17) is 0 Å². The number of hydrogen-bond acceptors (Lipinski definition) is 3. The lowest BCUT2D eigenvalue weighted by atomic mass is 9.98. The van der Waals surface area contributed by atoms with Gasteiger partial charge in [0.05, 0.1) is 17.6 Å². The first-order chi connectivity index (χ1) is 13.2. The number of benzene rings is 1. The van der Waals surface area contributed by atoms with Crippen LogP contribution in [0.25, 0.3) is 11.3 Å². The number of pyridine rings is 1. The molecular weight excluding hydrogens is 365 g/mol. The van der Waals surface area contributed by atoms with Crippen LogP contribution in [0.3, 0.4) is 0 Å². The Bertz CT molecular complexity index is 897. The van der Waals surface area contributed by atoms with Gasteiger partial charge in [-0.15, -0.1) is 0 Å². The first kappa shape index (κ1) is 21.5. The number of aromatic nitrogens is 3. The largest absolute Gasteiger partial charge is 0.417 e. The second kappa shape index (κ2) is 8.91. The van der Waals surface area contributed by atoms with E-state index in [2.05, 4.69) is 29.1 Å². The lowest BCUT2D eigenvalue weighted by molar-refractivity contribution is -0.137. The van der Waals surface area contributed by atoms with E-state index in [0.29, 0.717) is 11.7 Å². The normalized spacial score (nSPS) is 11.2. The first-order valence-corrected chi connectivity index (χ1v) is 9.16. The van der Waals surface area contributed by atoms with E-state index in [1.54, 1.807) is 6.33 Å². The second-order valence-electron chi connectivity index (χ2n) is 6.44. The molecule has 2 aromatic heterocycles. The van der Waals surface area contributed by atoms with E-state index >= 15 is 0 Å². The molecule has 0 fully saturated rings. The Morgan fingerprint density at radius 2 is 1.75 bits per heavy atom. The van der Waals surface area contributed by atoms with Gasteiger partial charge in [0.25, 0.3) is 0 Å². The van der Waals surface area contributed by atoms with Gasteiger partial charge in [-0.05, 0) is 35.7 Å². The van der Waals surface area contributed by atoms with Gasteiger partial charge in [-0.2, -0.15) is 13.2 Å². The van der Waals surface area contributed by atoms with Crippen LogP contribution in [0.1, 0.15) is 44.7 Å². The molecule has 150 valence electrons. The average molecular weight is 390 g/mol. The summed E-state index contributed by atoms with van der Waals surface area (Å²) in [4.78, 5) is 8.27. The SMILES string of the molecule is CC.CC(C)c1ccc(Nc2ccc(C(F)(F)F)cn2)c(-c2cn(C)cn2)c1.